The number of alkyl halides is 1. The molecular weight excluding hydrogens is 266 g/mol. The molecule has 1 saturated heterocycles. The van der Waals surface area contributed by atoms with Gasteiger partial charge in [-0.2, -0.15) is 11.8 Å². The molecule has 2 unspecified atom stereocenters. The molecule has 1 rings (SSSR count). The van der Waals surface area contributed by atoms with Gasteiger partial charge < -0.3 is 10.1 Å². The van der Waals surface area contributed by atoms with Crippen LogP contribution in [-0.2, 0) is 9.53 Å². The fraction of sp³-hybridized carbons (Fsp3) is 0.889. The predicted octanol–water partition coefficient (Wildman–Crippen LogP) is 1.27. The van der Waals surface area contributed by atoms with Crippen LogP contribution in [0.3, 0.4) is 0 Å². The maximum Gasteiger partial charge on any atom is 0.224 e. The molecule has 0 bridgehead atoms. The first-order chi connectivity index (χ1) is 6.74. The highest BCUT2D eigenvalue weighted by Gasteiger charge is 2.23. The Morgan fingerprint density at radius 3 is 3.14 bits per heavy atom. The molecule has 1 aliphatic heterocycles. The molecule has 0 radical (unpaired) electrons. The smallest absolute Gasteiger partial charge is 0.224 e. The summed E-state index contributed by atoms with van der Waals surface area (Å²) in [4.78, 5) is 11.8. The van der Waals surface area contributed by atoms with Gasteiger partial charge in [0.2, 0.25) is 5.91 Å². The van der Waals surface area contributed by atoms with Crippen LogP contribution in [0, 0.1) is 5.92 Å². The van der Waals surface area contributed by atoms with Gasteiger partial charge in [0.15, 0.2) is 0 Å². The van der Waals surface area contributed by atoms with Gasteiger partial charge in [0.1, 0.15) is 0 Å². The lowest BCUT2D eigenvalue weighted by atomic mass is 10.1. The van der Waals surface area contributed by atoms with Crippen molar-refractivity contribution in [2.24, 2.45) is 5.92 Å². The number of methoxy groups -OCH3 is 1. The molecule has 0 aromatic carbocycles. The van der Waals surface area contributed by atoms with E-state index in [1.165, 1.54) is 0 Å². The molecule has 14 heavy (non-hydrogen) atoms. The average Bonchev–Trinajstić information content (AvgIpc) is 2.67. The molecule has 2 atom stereocenters. The van der Waals surface area contributed by atoms with Gasteiger partial charge in [-0.3, -0.25) is 4.79 Å². The standard InChI is InChI=1S/C9H16BrNO2S/c1-13-5-8(10)4-11-9(12)7-2-3-14-6-7/h7-8H,2-6H2,1H3,(H,11,12). The van der Waals surface area contributed by atoms with E-state index in [9.17, 15) is 4.79 Å². The highest BCUT2D eigenvalue weighted by atomic mass is 79.9. The van der Waals surface area contributed by atoms with Crippen LogP contribution in [-0.4, -0.2) is 42.5 Å². The number of halogens is 1. The molecule has 0 spiro atoms. The molecule has 0 aliphatic carbocycles. The SMILES string of the molecule is COCC(Br)CNC(=O)C1CCSC1. The zero-order valence-electron chi connectivity index (χ0n) is 8.29. The largest absolute Gasteiger partial charge is 0.383 e. The van der Waals surface area contributed by atoms with Crippen LogP contribution in [0.15, 0.2) is 0 Å². The van der Waals surface area contributed by atoms with Crippen LogP contribution < -0.4 is 5.32 Å². The Morgan fingerprint density at radius 2 is 2.57 bits per heavy atom. The Bertz CT molecular complexity index is 186. The number of nitrogens with one attached hydrogen (secondary N) is 1. The second kappa shape index (κ2) is 6.69. The lowest BCUT2D eigenvalue weighted by Gasteiger charge is -2.12. The molecule has 82 valence electrons. The van der Waals surface area contributed by atoms with Gasteiger partial charge in [-0.15, -0.1) is 0 Å². The summed E-state index contributed by atoms with van der Waals surface area (Å²) >= 11 is 5.29. The summed E-state index contributed by atoms with van der Waals surface area (Å²) in [6.45, 7) is 1.27. The number of ether oxygens (including phenoxy) is 1. The second-order valence-corrected chi connectivity index (χ2v) is 5.80. The molecule has 1 amide bonds. The maximum atomic E-state index is 11.6. The van der Waals surface area contributed by atoms with Crippen LogP contribution in [0.4, 0.5) is 0 Å². The van der Waals surface area contributed by atoms with E-state index in [0.717, 1.165) is 17.9 Å². The third-order valence-electron chi connectivity index (χ3n) is 2.15. The molecule has 1 aliphatic rings. The zero-order chi connectivity index (χ0) is 10.4. The van der Waals surface area contributed by atoms with Crippen molar-refractivity contribution in [3.8, 4) is 0 Å². The summed E-state index contributed by atoms with van der Waals surface area (Å²) < 4.78 is 4.96. The number of amides is 1. The van der Waals surface area contributed by atoms with Gasteiger partial charge in [-0.05, 0) is 12.2 Å². The minimum Gasteiger partial charge on any atom is -0.383 e. The van der Waals surface area contributed by atoms with Gasteiger partial charge >= 0.3 is 0 Å². The topological polar surface area (TPSA) is 38.3 Å². The molecule has 1 heterocycles. The average molecular weight is 282 g/mol. The Labute approximate surface area is 97.5 Å². The van der Waals surface area contributed by atoms with Gasteiger partial charge in [-0.1, -0.05) is 15.9 Å². The summed E-state index contributed by atoms with van der Waals surface area (Å²) in [5.41, 5.74) is 0. The van der Waals surface area contributed by atoms with Gasteiger partial charge in [0.05, 0.1) is 11.4 Å². The number of thioether (sulfide) groups is 1. The molecule has 0 aromatic heterocycles. The van der Waals surface area contributed by atoms with Crippen molar-refractivity contribution in [1.82, 2.24) is 5.32 Å². The van der Waals surface area contributed by atoms with Gasteiger partial charge in [-0.25, -0.2) is 0 Å². The minimum atomic E-state index is 0.190. The fourth-order valence-corrected chi connectivity index (χ4v) is 2.98. The fourth-order valence-electron chi connectivity index (χ4n) is 1.34. The van der Waals surface area contributed by atoms with Gasteiger partial charge in [0, 0.05) is 25.3 Å². The van der Waals surface area contributed by atoms with E-state index in [-0.39, 0.29) is 16.7 Å². The summed E-state index contributed by atoms with van der Waals surface area (Å²) in [5.74, 6) is 2.51. The number of carbonyl (C=O) groups is 1. The molecule has 3 nitrogen and oxygen atoms in total. The zero-order valence-corrected chi connectivity index (χ0v) is 10.7. The Balaban J connectivity index is 2.13. The third-order valence-corrected chi connectivity index (χ3v) is 3.90. The first-order valence-electron chi connectivity index (χ1n) is 4.72. The number of rotatable bonds is 5. The lowest BCUT2D eigenvalue weighted by molar-refractivity contribution is -0.124. The molecule has 5 heteroatoms. The molecule has 1 fully saturated rings. The van der Waals surface area contributed by atoms with Crippen molar-refractivity contribution in [2.45, 2.75) is 11.2 Å². The Kier molecular flexibility index (Phi) is 5.89. The maximum absolute atomic E-state index is 11.6. The molecule has 0 aromatic rings. The van der Waals surface area contributed by atoms with Gasteiger partial charge in [0.25, 0.3) is 0 Å². The summed E-state index contributed by atoms with van der Waals surface area (Å²) in [7, 11) is 1.66. The molecule has 0 saturated carbocycles. The summed E-state index contributed by atoms with van der Waals surface area (Å²) in [6.07, 6.45) is 1.02. The van der Waals surface area contributed by atoms with E-state index < -0.39 is 0 Å². The monoisotopic (exact) mass is 281 g/mol. The van der Waals surface area contributed by atoms with E-state index >= 15 is 0 Å². The molecular formula is C9H16BrNO2S. The third kappa shape index (κ3) is 4.19. The number of hydrogen-bond acceptors (Lipinski definition) is 3. The normalized spacial score (nSPS) is 23.4. The van der Waals surface area contributed by atoms with E-state index in [1.807, 2.05) is 11.8 Å². The summed E-state index contributed by atoms with van der Waals surface area (Å²) in [6, 6.07) is 0. The van der Waals surface area contributed by atoms with Crippen molar-refractivity contribution < 1.29 is 9.53 Å². The van der Waals surface area contributed by atoms with E-state index in [1.54, 1.807) is 7.11 Å². The highest BCUT2D eigenvalue weighted by Crippen LogP contribution is 2.23. The van der Waals surface area contributed by atoms with Crippen LogP contribution in [0.25, 0.3) is 0 Å². The van der Waals surface area contributed by atoms with Crippen molar-refractivity contribution in [1.29, 1.82) is 0 Å². The Morgan fingerprint density at radius 1 is 1.79 bits per heavy atom. The van der Waals surface area contributed by atoms with Crippen molar-refractivity contribution >= 4 is 33.6 Å². The van der Waals surface area contributed by atoms with E-state index in [2.05, 4.69) is 21.2 Å². The van der Waals surface area contributed by atoms with E-state index in [0.29, 0.717) is 13.2 Å². The predicted molar refractivity (Wildman–Crippen MR) is 63.0 cm³/mol. The van der Waals surface area contributed by atoms with Crippen LogP contribution in [0.1, 0.15) is 6.42 Å². The Hall–Kier alpha value is 0.260. The van der Waals surface area contributed by atoms with Crippen LogP contribution >= 0.6 is 27.7 Å². The summed E-state index contributed by atoms with van der Waals surface area (Å²) in [5, 5.41) is 2.93. The van der Waals surface area contributed by atoms with Crippen LogP contribution in [0.5, 0.6) is 0 Å². The van der Waals surface area contributed by atoms with Crippen molar-refractivity contribution in [3.63, 3.8) is 0 Å². The first-order valence-corrected chi connectivity index (χ1v) is 6.79. The second-order valence-electron chi connectivity index (χ2n) is 3.36. The number of hydrogen-bond donors (Lipinski definition) is 1. The lowest BCUT2D eigenvalue weighted by Crippen LogP contribution is -2.35. The van der Waals surface area contributed by atoms with Crippen molar-refractivity contribution in [3.05, 3.63) is 0 Å². The van der Waals surface area contributed by atoms with Crippen molar-refractivity contribution in [2.75, 3.05) is 31.8 Å². The quantitative estimate of drug-likeness (QED) is 0.772. The molecule has 1 N–H and O–H groups in total. The van der Waals surface area contributed by atoms with Crippen LogP contribution in [0.2, 0.25) is 0 Å². The first kappa shape index (κ1) is 12.3. The minimum absolute atomic E-state index is 0.190. The highest BCUT2D eigenvalue weighted by molar-refractivity contribution is 9.09. The van der Waals surface area contributed by atoms with E-state index in [4.69, 9.17) is 4.74 Å². The number of carbonyl (C=O) groups excluding carboxylic acids is 1.